The van der Waals surface area contributed by atoms with Crippen molar-refractivity contribution in [2.45, 2.75) is 25.5 Å². The third kappa shape index (κ3) is 5.98. The molecule has 1 atom stereocenters. The van der Waals surface area contributed by atoms with Gasteiger partial charge in [0.25, 0.3) is 0 Å². The van der Waals surface area contributed by atoms with Crippen LogP contribution in [0.5, 0.6) is 0 Å². The summed E-state index contributed by atoms with van der Waals surface area (Å²) in [5.74, 6) is -1.52. The lowest BCUT2D eigenvalue weighted by Gasteiger charge is -2.13. The summed E-state index contributed by atoms with van der Waals surface area (Å²) >= 11 is 0. The summed E-state index contributed by atoms with van der Waals surface area (Å²) in [4.78, 5) is 27.0. The van der Waals surface area contributed by atoms with Gasteiger partial charge in [-0.15, -0.1) is 0 Å². The molecule has 2 N–H and O–H groups in total. The number of carbonyl (C=O) groups excluding carboxylic acids is 1. The van der Waals surface area contributed by atoms with E-state index in [9.17, 15) is 9.59 Å². The van der Waals surface area contributed by atoms with E-state index in [0.29, 0.717) is 0 Å². The molecule has 0 aromatic heterocycles. The van der Waals surface area contributed by atoms with Gasteiger partial charge in [-0.2, -0.15) is 5.48 Å². The fourth-order valence-electron chi connectivity index (χ4n) is 1.40. The Balaban J connectivity index is 2.33. The van der Waals surface area contributed by atoms with Gasteiger partial charge >= 0.3 is 11.9 Å². The van der Waals surface area contributed by atoms with Gasteiger partial charge in [0.1, 0.15) is 6.04 Å². The number of hydrogen-bond donors (Lipinski definition) is 2. The van der Waals surface area contributed by atoms with Gasteiger partial charge in [0.2, 0.25) is 0 Å². The van der Waals surface area contributed by atoms with Crippen LogP contribution >= 0.6 is 0 Å². The van der Waals surface area contributed by atoms with Crippen molar-refractivity contribution in [3.05, 3.63) is 35.9 Å². The second-order valence-corrected chi connectivity index (χ2v) is 3.90. The number of aliphatic carboxylic acids is 1. The fourth-order valence-corrected chi connectivity index (χ4v) is 1.40. The predicted molar refractivity (Wildman–Crippen MR) is 67.0 cm³/mol. The van der Waals surface area contributed by atoms with Crippen molar-refractivity contribution in [3.8, 4) is 0 Å². The molecule has 0 radical (unpaired) electrons. The fraction of sp³-hybridized carbons (Fsp3) is 0.385. The Bertz CT molecular complexity index is 407. The van der Waals surface area contributed by atoms with E-state index in [1.54, 1.807) is 0 Å². The van der Waals surface area contributed by atoms with Crippen LogP contribution in [0.25, 0.3) is 0 Å². The van der Waals surface area contributed by atoms with Gasteiger partial charge in [-0.3, -0.25) is 14.4 Å². The summed E-state index contributed by atoms with van der Waals surface area (Å²) < 4.78 is 4.45. The number of carboxylic acids is 1. The molecular weight excluding hydrogens is 250 g/mol. The maximum absolute atomic E-state index is 11.0. The molecule has 0 heterocycles. The van der Waals surface area contributed by atoms with Gasteiger partial charge in [-0.1, -0.05) is 30.3 Å². The molecule has 0 aliphatic carbocycles. The summed E-state index contributed by atoms with van der Waals surface area (Å²) in [6.07, 6.45) is 0.131. The Kier molecular flexibility index (Phi) is 6.56. The Hall–Kier alpha value is -1.92. The summed E-state index contributed by atoms with van der Waals surface area (Å²) in [5.41, 5.74) is 3.36. The Morgan fingerprint density at radius 1 is 1.32 bits per heavy atom. The lowest BCUT2D eigenvalue weighted by atomic mass is 10.2. The molecule has 6 nitrogen and oxygen atoms in total. The number of carbonyl (C=O) groups is 2. The molecule has 0 amide bonds. The zero-order chi connectivity index (χ0) is 14.1. The number of hydrogen-bond acceptors (Lipinski definition) is 5. The third-order valence-electron chi connectivity index (χ3n) is 2.47. The molecule has 1 unspecified atom stereocenters. The summed E-state index contributed by atoms with van der Waals surface area (Å²) in [7, 11) is 1.26. The van der Waals surface area contributed by atoms with E-state index in [4.69, 9.17) is 9.94 Å². The monoisotopic (exact) mass is 267 g/mol. The zero-order valence-corrected chi connectivity index (χ0v) is 10.7. The zero-order valence-electron chi connectivity index (χ0n) is 10.7. The van der Waals surface area contributed by atoms with E-state index >= 15 is 0 Å². The number of hydroxylamine groups is 1. The van der Waals surface area contributed by atoms with Crippen molar-refractivity contribution >= 4 is 11.9 Å². The van der Waals surface area contributed by atoms with E-state index in [2.05, 4.69) is 10.2 Å². The number of carboxylic acid groups (broad SMARTS) is 1. The summed E-state index contributed by atoms with van der Waals surface area (Å²) in [5, 5.41) is 8.96. The second kappa shape index (κ2) is 8.23. The molecular formula is C13H17NO5. The van der Waals surface area contributed by atoms with Gasteiger partial charge in [0, 0.05) is 6.42 Å². The smallest absolute Gasteiger partial charge is 0.323 e. The summed E-state index contributed by atoms with van der Waals surface area (Å²) in [6, 6.07) is 8.41. The SMILES string of the molecule is COC(=O)CCC(NOCc1ccccc1)C(=O)O. The van der Waals surface area contributed by atoms with Gasteiger partial charge < -0.3 is 9.84 Å². The average molecular weight is 267 g/mol. The highest BCUT2D eigenvalue weighted by atomic mass is 16.6. The topological polar surface area (TPSA) is 84.9 Å². The molecule has 104 valence electrons. The van der Waals surface area contributed by atoms with Crippen molar-refractivity contribution in [2.24, 2.45) is 0 Å². The van der Waals surface area contributed by atoms with E-state index in [1.807, 2.05) is 30.3 Å². The highest BCUT2D eigenvalue weighted by molar-refractivity contribution is 5.75. The van der Waals surface area contributed by atoms with Gasteiger partial charge in [0.15, 0.2) is 0 Å². The predicted octanol–water partition coefficient (Wildman–Crippen LogP) is 1.11. The van der Waals surface area contributed by atoms with Crippen LogP contribution in [0.3, 0.4) is 0 Å². The van der Waals surface area contributed by atoms with Crippen LogP contribution in [0, 0.1) is 0 Å². The maximum Gasteiger partial charge on any atom is 0.323 e. The highest BCUT2D eigenvalue weighted by Crippen LogP contribution is 2.02. The van der Waals surface area contributed by atoms with Crippen LogP contribution in [0.1, 0.15) is 18.4 Å². The molecule has 6 heteroatoms. The minimum Gasteiger partial charge on any atom is -0.480 e. The molecule has 0 saturated heterocycles. The largest absolute Gasteiger partial charge is 0.480 e. The van der Waals surface area contributed by atoms with Crippen molar-refractivity contribution in [1.29, 1.82) is 0 Å². The number of methoxy groups -OCH3 is 1. The van der Waals surface area contributed by atoms with E-state index in [-0.39, 0.29) is 19.4 Å². The normalized spacial score (nSPS) is 11.8. The number of benzene rings is 1. The van der Waals surface area contributed by atoms with Gasteiger partial charge in [0.05, 0.1) is 13.7 Å². The minimum absolute atomic E-state index is 0.0230. The lowest BCUT2D eigenvalue weighted by Crippen LogP contribution is -2.37. The molecule has 19 heavy (non-hydrogen) atoms. The van der Waals surface area contributed by atoms with Crippen molar-refractivity contribution in [1.82, 2.24) is 5.48 Å². The lowest BCUT2D eigenvalue weighted by molar-refractivity contribution is -0.146. The first-order valence-electron chi connectivity index (χ1n) is 5.84. The van der Waals surface area contributed by atoms with E-state index < -0.39 is 18.0 Å². The van der Waals surface area contributed by atoms with Crippen molar-refractivity contribution < 1.29 is 24.3 Å². The standard InChI is InChI=1S/C13H17NO5/c1-18-12(15)8-7-11(13(16)17)14-19-9-10-5-3-2-4-6-10/h2-6,11,14H,7-9H2,1H3,(H,16,17). The Morgan fingerprint density at radius 3 is 2.58 bits per heavy atom. The van der Waals surface area contributed by atoms with E-state index in [0.717, 1.165) is 5.56 Å². The number of nitrogens with one attached hydrogen (secondary N) is 1. The minimum atomic E-state index is -1.07. The molecule has 1 rings (SSSR count). The van der Waals surface area contributed by atoms with Crippen molar-refractivity contribution in [2.75, 3.05) is 7.11 Å². The molecule has 0 bridgehead atoms. The molecule has 0 aliphatic heterocycles. The third-order valence-corrected chi connectivity index (χ3v) is 2.47. The molecule has 1 aromatic rings. The van der Waals surface area contributed by atoms with Crippen LogP contribution in [0.4, 0.5) is 0 Å². The van der Waals surface area contributed by atoms with E-state index in [1.165, 1.54) is 7.11 Å². The van der Waals surface area contributed by atoms with Crippen LogP contribution < -0.4 is 5.48 Å². The van der Waals surface area contributed by atoms with Gasteiger partial charge in [-0.05, 0) is 12.0 Å². The molecule has 0 saturated carbocycles. The van der Waals surface area contributed by atoms with Crippen LogP contribution in [-0.2, 0) is 25.8 Å². The Morgan fingerprint density at radius 2 is 2.00 bits per heavy atom. The van der Waals surface area contributed by atoms with Crippen LogP contribution in [-0.4, -0.2) is 30.2 Å². The first-order valence-corrected chi connectivity index (χ1v) is 5.84. The van der Waals surface area contributed by atoms with Gasteiger partial charge in [-0.25, -0.2) is 0 Å². The van der Waals surface area contributed by atoms with Crippen LogP contribution in [0.2, 0.25) is 0 Å². The second-order valence-electron chi connectivity index (χ2n) is 3.90. The first-order chi connectivity index (χ1) is 9.13. The highest BCUT2D eigenvalue weighted by Gasteiger charge is 2.18. The Labute approximate surface area is 111 Å². The number of rotatable bonds is 8. The molecule has 1 aromatic carbocycles. The molecule has 0 spiro atoms. The maximum atomic E-state index is 11.0. The number of esters is 1. The first kappa shape index (κ1) is 15.1. The quantitative estimate of drug-likeness (QED) is 0.542. The number of ether oxygens (including phenoxy) is 1. The molecule has 0 fully saturated rings. The summed E-state index contributed by atoms with van der Waals surface area (Å²) in [6.45, 7) is 0.253. The van der Waals surface area contributed by atoms with Crippen molar-refractivity contribution in [3.63, 3.8) is 0 Å². The molecule has 0 aliphatic rings. The van der Waals surface area contributed by atoms with Crippen LogP contribution in [0.15, 0.2) is 30.3 Å². The average Bonchev–Trinajstić information content (AvgIpc) is 2.42.